The third kappa shape index (κ3) is 3.08. The second-order valence-corrected chi connectivity index (χ2v) is 8.23. The summed E-state index contributed by atoms with van der Waals surface area (Å²) in [7, 11) is 1.99. The van der Waals surface area contributed by atoms with E-state index >= 15 is 0 Å². The maximum atomic E-state index is 15.0. The number of rotatable bonds is 2. The van der Waals surface area contributed by atoms with E-state index in [1.807, 2.05) is 49.5 Å². The third-order valence-corrected chi connectivity index (χ3v) is 6.24. The van der Waals surface area contributed by atoms with E-state index in [4.69, 9.17) is 9.98 Å². The Morgan fingerprint density at radius 1 is 0.909 bits per heavy atom. The van der Waals surface area contributed by atoms with Gasteiger partial charge in [-0.15, -0.1) is 0 Å². The molecule has 1 unspecified atom stereocenters. The first-order valence-corrected chi connectivity index (χ1v) is 10.8. The van der Waals surface area contributed by atoms with Gasteiger partial charge in [-0.1, -0.05) is 36.4 Å². The molecule has 6 nitrogen and oxygen atoms in total. The Kier molecular flexibility index (Phi) is 4.43. The van der Waals surface area contributed by atoms with Crippen molar-refractivity contribution in [3.63, 3.8) is 0 Å². The highest BCUT2D eigenvalue weighted by atomic mass is 19.1. The zero-order chi connectivity index (χ0) is 22.5. The van der Waals surface area contributed by atoms with Gasteiger partial charge in [0, 0.05) is 31.3 Å². The van der Waals surface area contributed by atoms with Crippen LogP contribution in [-0.4, -0.2) is 41.7 Å². The number of hydrogen-bond acceptors (Lipinski definition) is 5. The van der Waals surface area contributed by atoms with E-state index in [0.717, 1.165) is 22.5 Å². The summed E-state index contributed by atoms with van der Waals surface area (Å²) >= 11 is 0. The molecule has 0 saturated carbocycles. The van der Waals surface area contributed by atoms with Crippen LogP contribution < -0.4 is 9.80 Å². The van der Waals surface area contributed by atoms with Gasteiger partial charge in [0.05, 0.1) is 40.0 Å². The summed E-state index contributed by atoms with van der Waals surface area (Å²) < 4.78 is 15.0. The lowest BCUT2D eigenvalue weighted by atomic mass is 9.97. The van der Waals surface area contributed by atoms with Crippen molar-refractivity contribution >= 4 is 34.0 Å². The van der Waals surface area contributed by atoms with Crippen molar-refractivity contribution in [2.75, 3.05) is 29.9 Å². The molecule has 162 valence electrons. The van der Waals surface area contributed by atoms with Crippen molar-refractivity contribution in [3.8, 4) is 0 Å². The molecule has 2 aliphatic heterocycles. The van der Waals surface area contributed by atoms with Gasteiger partial charge in [-0.3, -0.25) is 14.8 Å². The van der Waals surface area contributed by atoms with Crippen LogP contribution >= 0.6 is 0 Å². The second kappa shape index (κ2) is 7.48. The molecule has 4 aromatic rings. The molecule has 0 radical (unpaired) electrons. The number of carbonyl (C=O) groups is 1. The van der Waals surface area contributed by atoms with Crippen LogP contribution in [0.1, 0.15) is 22.9 Å². The van der Waals surface area contributed by atoms with Crippen molar-refractivity contribution in [3.05, 3.63) is 95.6 Å². The van der Waals surface area contributed by atoms with E-state index in [1.54, 1.807) is 29.3 Å². The summed E-state index contributed by atoms with van der Waals surface area (Å²) in [5.74, 6) is -0.574. The zero-order valence-corrected chi connectivity index (χ0v) is 17.9. The molecule has 1 atom stereocenters. The fourth-order valence-corrected chi connectivity index (χ4v) is 4.58. The summed E-state index contributed by atoms with van der Waals surface area (Å²) in [6.07, 6.45) is 1.60. The summed E-state index contributed by atoms with van der Waals surface area (Å²) in [5.41, 5.74) is 5.08. The van der Waals surface area contributed by atoms with Crippen molar-refractivity contribution in [2.45, 2.75) is 6.04 Å². The van der Waals surface area contributed by atoms with E-state index in [-0.39, 0.29) is 11.7 Å². The van der Waals surface area contributed by atoms with Gasteiger partial charge >= 0.3 is 0 Å². The SMILES string of the molecule is CN1CCN2C(=O)C(c3cnc4ccccc4n3)N=C(c3ccccc3F)c3cccc1c32. The number of halogens is 1. The smallest absolute Gasteiger partial charge is 0.258 e. The number of benzene rings is 3. The topological polar surface area (TPSA) is 61.7 Å². The molecular formula is C26H20FN5O. The summed E-state index contributed by atoms with van der Waals surface area (Å²) in [6.45, 7) is 1.20. The van der Waals surface area contributed by atoms with Gasteiger partial charge < -0.3 is 9.80 Å². The van der Waals surface area contributed by atoms with Crippen LogP contribution in [0.2, 0.25) is 0 Å². The van der Waals surface area contributed by atoms with Gasteiger partial charge in [-0.25, -0.2) is 9.37 Å². The highest BCUT2D eigenvalue weighted by Crippen LogP contribution is 2.41. The number of para-hydroxylation sites is 3. The Bertz CT molecular complexity index is 1450. The first kappa shape index (κ1) is 19.5. The van der Waals surface area contributed by atoms with E-state index in [1.165, 1.54) is 6.07 Å². The van der Waals surface area contributed by atoms with Crippen molar-refractivity contribution < 1.29 is 9.18 Å². The summed E-state index contributed by atoms with van der Waals surface area (Å²) in [4.78, 5) is 31.8. The Labute approximate surface area is 190 Å². The molecule has 0 bridgehead atoms. The highest BCUT2D eigenvalue weighted by molar-refractivity contribution is 6.22. The van der Waals surface area contributed by atoms with Crippen LogP contribution in [-0.2, 0) is 4.79 Å². The summed E-state index contributed by atoms with van der Waals surface area (Å²) in [5, 5.41) is 0. The molecule has 33 heavy (non-hydrogen) atoms. The van der Waals surface area contributed by atoms with Crippen LogP contribution in [0.15, 0.2) is 77.9 Å². The van der Waals surface area contributed by atoms with Gasteiger partial charge in [-0.05, 0) is 30.3 Å². The highest BCUT2D eigenvalue weighted by Gasteiger charge is 2.38. The Balaban J connectivity index is 1.62. The predicted molar refractivity (Wildman–Crippen MR) is 126 cm³/mol. The number of amides is 1. The Hall–Kier alpha value is -4.13. The first-order chi connectivity index (χ1) is 16.1. The second-order valence-electron chi connectivity index (χ2n) is 8.23. The van der Waals surface area contributed by atoms with Crippen LogP contribution in [0.5, 0.6) is 0 Å². The van der Waals surface area contributed by atoms with Gasteiger partial charge in [-0.2, -0.15) is 0 Å². The molecule has 3 aromatic carbocycles. The van der Waals surface area contributed by atoms with Gasteiger partial charge in [0.25, 0.3) is 5.91 Å². The number of anilines is 2. The molecule has 0 fully saturated rings. The number of likely N-dealkylation sites (N-methyl/N-ethyl adjacent to an activating group) is 1. The molecule has 0 N–H and O–H groups in total. The minimum absolute atomic E-state index is 0.187. The fraction of sp³-hybridized carbons (Fsp3) is 0.154. The number of hydrogen-bond donors (Lipinski definition) is 0. The van der Waals surface area contributed by atoms with Crippen LogP contribution in [0.4, 0.5) is 15.8 Å². The standard InChI is InChI=1S/C26H20FN5O/c1-31-13-14-32-25-17(8-6-12-22(25)31)23(16-7-2-3-9-18(16)27)30-24(26(32)33)21-15-28-19-10-4-5-11-20(19)29-21/h2-12,15,24H,13-14H2,1H3. The predicted octanol–water partition coefficient (Wildman–Crippen LogP) is 4.14. The minimum Gasteiger partial charge on any atom is -0.371 e. The molecule has 6 rings (SSSR count). The number of carbonyl (C=O) groups excluding carboxylic acids is 1. The van der Waals surface area contributed by atoms with Crippen LogP contribution in [0, 0.1) is 5.82 Å². The number of aromatic nitrogens is 2. The normalized spacial score (nSPS) is 17.6. The Morgan fingerprint density at radius 3 is 2.52 bits per heavy atom. The number of nitrogens with zero attached hydrogens (tertiary/aromatic N) is 5. The lowest BCUT2D eigenvalue weighted by Crippen LogP contribution is -2.44. The van der Waals surface area contributed by atoms with Crippen LogP contribution in [0.25, 0.3) is 11.0 Å². The van der Waals surface area contributed by atoms with Crippen molar-refractivity contribution in [1.29, 1.82) is 0 Å². The van der Waals surface area contributed by atoms with E-state index < -0.39 is 6.04 Å². The van der Waals surface area contributed by atoms with E-state index in [2.05, 4.69) is 9.88 Å². The van der Waals surface area contributed by atoms with Crippen molar-refractivity contribution in [1.82, 2.24) is 9.97 Å². The lowest BCUT2D eigenvalue weighted by molar-refractivity contribution is -0.119. The van der Waals surface area contributed by atoms with Gasteiger partial charge in [0.1, 0.15) is 5.82 Å². The van der Waals surface area contributed by atoms with Crippen molar-refractivity contribution in [2.24, 2.45) is 4.99 Å². The molecule has 1 amide bonds. The summed E-state index contributed by atoms with van der Waals surface area (Å²) in [6, 6.07) is 18.9. The average molecular weight is 437 g/mol. The molecule has 2 aliphatic rings. The minimum atomic E-state index is -0.930. The van der Waals surface area contributed by atoms with E-state index in [0.29, 0.717) is 35.6 Å². The molecule has 1 aromatic heterocycles. The lowest BCUT2D eigenvalue weighted by Gasteiger charge is -2.36. The average Bonchev–Trinajstić information content (AvgIpc) is 2.97. The maximum Gasteiger partial charge on any atom is 0.258 e. The number of aliphatic imine (C=N–C) groups is 1. The van der Waals surface area contributed by atoms with Gasteiger partial charge in [0.15, 0.2) is 6.04 Å². The molecule has 3 heterocycles. The molecular weight excluding hydrogens is 417 g/mol. The van der Waals surface area contributed by atoms with E-state index in [9.17, 15) is 9.18 Å². The quantitative estimate of drug-likeness (QED) is 0.473. The fourth-order valence-electron chi connectivity index (χ4n) is 4.58. The molecule has 7 heteroatoms. The largest absolute Gasteiger partial charge is 0.371 e. The maximum absolute atomic E-state index is 15.0. The number of fused-ring (bicyclic) bond motifs is 1. The Morgan fingerprint density at radius 2 is 1.67 bits per heavy atom. The van der Waals surface area contributed by atoms with Gasteiger partial charge in [0.2, 0.25) is 0 Å². The zero-order valence-electron chi connectivity index (χ0n) is 17.9. The molecule has 0 spiro atoms. The molecule has 0 aliphatic carbocycles. The first-order valence-electron chi connectivity index (χ1n) is 10.8. The molecule has 0 saturated heterocycles. The van der Waals surface area contributed by atoms with Crippen LogP contribution in [0.3, 0.4) is 0 Å². The monoisotopic (exact) mass is 437 g/mol. The third-order valence-electron chi connectivity index (χ3n) is 6.24.